The van der Waals surface area contributed by atoms with Crippen LogP contribution in [0.15, 0.2) is 48.5 Å². The molecule has 0 radical (unpaired) electrons. The van der Waals surface area contributed by atoms with Crippen molar-refractivity contribution in [3.63, 3.8) is 0 Å². The van der Waals surface area contributed by atoms with Crippen LogP contribution in [0.2, 0.25) is 0 Å². The third kappa shape index (κ3) is 4.80. The first-order chi connectivity index (χ1) is 11.3. The van der Waals surface area contributed by atoms with Crippen molar-refractivity contribution in [3.05, 3.63) is 65.5 Å². The molecule has 2 aromatic carbocycles. The zero-order valence-corrected chi connectivity index (χ0v) is 13.6. The molecule has 1 fully saturated rings. The predicted molar refractivity (Wildman–Crippen MR) is 94.3 cm³/mol. The number of nitrogens with zero attached hydrogens (tertiary/aromatic N) is 1. The highest BCUT2D eigenvalue weighted by molar-refractivity contribution is 5.47. The normalized spacial score (nSPS) is 14.9. The van der Waals surface area contributed by atoms with Gasteiger partial charge in [0.2, 0.25) is 0 Å². The lowest BCUT2D eigenvalue weighted by Crippen LogP contribution is -2.29. The third-order valence-corrected chi connectivity index (χ3v) is 4.47. The molecule has 0 bridgehead atoms. The Labute approximate surface area is 138 Å². The Morgan fingerprint density at radius 2 is 1.70 bits per heavy atom. The van der Waals surface area contributed by atoms with E-state index in [0.29, 0.717) is 0 Å². The summed E-state index contributed by atoms with van der Waals surface area (Å²) in [6.45, 7) is 4.09. The van der Waals surface area contributed by atoms with Gasteiger partial charge in [-0.1, -0.05) is 24.3 Å². The molecule has 1 aliphatic rings. The van der Waals surface area contributed by atoms with Gasteiger partial charge in [0.15, 0.2) is 0 Å². The van der Waals surface area contributed by atoms with Crippen molar-refractivity contribution in [1.29, 1.82) is 0 Å². The molecule has 0 spiro atoms. The van der Waals surface area contributed by atoms with Crippen LogP contribution in [0.4, 0.5) is 10.1 Å². The maximum absolute atomic E-state index is 13.1. The van der Waals surface area contributed by atoms with Crippen LogP contribution >= 0.6 is 0 Å². The average molecular weight is 312 g/mol. The summed E-state index contributed by atoms with van der Waals surface area (Å²) in [4.78, 5) is 2.48. The zero-order valence-electron chi connectivity index (χ0n) is 13.6. The summed E-state index contributed by atoms with van der Waals surface area (Å²) in [7, 11) is 0. The lowest BCUT2D eigenvalue weighted by atomic mass is 10.1. The summed E-state index contributed by atoms with van der Waals surface area (Å²) in [6, 6.07) is 15.7. The molecule has 1 N–H and O–H groups in total. The average Bonchev–Trinajstić information content (AvgIpc) is 2.60. The molecule has 2 nitrogen and oxygen atoms in total. The van der Waals surface area contributed by atoms with Gasteiger partial charge in [-0.15, -0.1) is 0 Å². The van der Waals surface area contributed by atoms with Gasteiger partial charge in [0.05, 0.1) is 0 Å². The molecule has 3 rings (SSSR count). The highest BCUT2D eigenvalue weighted by Gasteiger charge is 2.10. The van der Waals surface area contributed by atoms with Gasteiger partial charge < -0.3 is 10.2 Å². The number of benzene rings is 2. The second-order valence-electron chi connectivity index (χ2n) is 6.27. The van der Waals surface area contributed by atoms with Crippen molar-refractivity contribution < 1.29 is 4.39 Å². The minimum absolute atomic E-state index is 0.157. The summed E-state index contributed by atoms with van der Waals surface area (Å²) in [5.41, 5.74) is 3.68. The monoisotopic (exact) mass is 312 g/mol. The minimum atomic E-state index is -0.157. The molecule has 1 aliphatic heterocycles. The van der Waals surface area contributed by atoms with Crippen LogP contribution < -0.4 is 10.2 Å². The Bertz CT molecular complexity index is 603. The Kier molecular flexibility index (Phi) is 5.65. The molecular formula is C20H25FN2. The number of piperidine rings is 1. The number of rotatable bonds is 6. The Balaban J connectivity index is 1.43. The summed E-state index contributed by atoms with van der Waals surface area (Å²) in [6.07, 6.45) is 4.83. The number of hydrogen-bond acceptors (Lipinski definition) is 2. The minimum Gasteiger partial charge on any atom is -0.372 e. The molecule has 3 heteroatoms. The number of nitrogens with one attached hydrogen (secondary N) is 1. The van der Waals surface area contributed by atoms with Crippen LogP contribution in [0, 0.1) is 5.82 Å². The van der Waals surface area contributed by atoms with E-state index in [9.17, 15) is 4.39 Å². The van der Waals surface area contributed by atoms with E-state index in [4.69, 9.17) is 0 Å². The van der Waals surface area contributed by atoms with E-state index in [-0.39, 0.29) is 5.82 Å². The first-order valence-corrected chi connectivity index (χ1v) is 8.60. The quantitative estimate of drug-likeness (QED) is 0.806. The fourth-order valence-corrected chi connectivity index (χ4v) is 3.13. The third-order valence-electron chi connectivity index (χ3n) is 4.47. The Morgan fingerprint density at radius 3 is 2.43 bits per heavy atom. The van der Waals surface area contributed by atoms with Gasteiger partial charge in [0, 0.05) is 25.3 Å². The van der Waals surface area contributed by atoms with E-state index in [1.54, 1.807) is 12.1 Å². The molecule has 122 valence electrons. The van der Waals surface area contributed by atoms with Crippen molar-refractivity contribution in [2.24, 2.45) is 0 Å². The van der Waals surface area contributed by atoms with E-state index in [0.717, 1.165) is 25.1 Å². The van der Waals surface area contributed by atoms with Gasteiger partial charge in [-0.25, -0.2) is 4.39 Å². The lowest BCUT2D eigenvalue weighted by Gasteiger charge is -2.28. The van der Waals surface area contributed by atoms with Gasteiger partial charge in [-0.05, 0) is 67.6 Å². The van der Waals surface area contributed by atoms with Crippen molar-refractivity contribution in [2.45, 2.75) is 32.2 Å². The standard InChI is InChI=1S/C20H25FN2/c21-19-6-4-5-17(15-19)11-12-22-16-18-7-9-20(10-8-18)23-13-2-1-3-14-23/h4-10,15,22H,1-3,11-14,16H2. The van der Waals surface area contributed by atoms with Crippen LogP contribution in [-0.4, -0.2) is 19.6 Å². The summed E-state index contributed by atoms with van der Waals surface area (Å²) in [5, 5.41) is 3.43. The maximum Gasteiger partial charge on any atom is 0.123 e. The van der Waals surface area contributed by atoms with Gasteiger partial charge in [0.1, 0.15) is 5.82 Å². The number of hydrogen-bond donors (Lipinski definition) is 1. The molecule has 0 unspecified atom stereocenters. The predicted octanol–water partition coefficient (Wildman–Crippen LogP) is 4.15. The molecular weight excluding hydrogens is 287 g/mol. The van der Waals surface area contributed by atoms with E-state index < -0.39 is 0 Å². The van der Waals surface area contributed by atoms with Crippen LogP contribution in [0.1, 0.15) is 30.4 Å². The summed E-state index contributed by atoms with van der Waals surface area (Å²) in [5.74, 6) is -0.157. The first kappa shape index (κ1) is 16.0. The lowest BCUT2D eigenvalue weighted by molar-refractivity contribution is 0.578. The van der Waals surface area contributed by atoms with Gasteiger partial charge in [0.25, 0.3) is 0 Å². The zero-order chi connectivity index (χ0) is 15.9. The molecule has 0 amide bonds. The van der Waals surface area contributed by atoms with Crippen LogP contribution in [-0.2, 0) is 13.0 Å². The van der Waals surface area contributed by atoms with E-state index >= 15 is 0 Å². The maximum atomic E-state index is 13.1. The van der Waals surface area contributed by atoms with E-state index in [1.807, 2.05) is 6.07 Å². The van der Waals surface area contributed by atoms with Crippen molar-refractivity contribution in [3.8, 4) is 0 Å². The van der Waals surface area contributed by atoms with Gasteiger partial charge >= 0.3 is 0 Å². The van der Waals surface area contributed by atoms with Crippen molar-refractivity contribution >= 4 is 5.69 Å². The summed E-state index contributed by atoms with van der Waals surface area (Å²) < 4.78 is 13.1. The van der Waals surface area contributed by atoms with Crippen LogP contribution in [0.5, 0.6) is 0 Å². The first-order valence-electron chi connectivity index (χ1n) is 8.60. The summed E-state index contributed by atoms with van der Waals surface area (Å²) >= 11 is 0. The largest absolute Gasteiger partial charge is 0.372 e. The highest BCUT2D eigenvalue weighted by atomic mass is 19.1. The molecule has 0 saturated carbocycles. The molecule has 0 aliphatic carbocycles. The molecule has 1 heterocycles. The second-order valence-corrected chi connectivity index (χ2v) is 6.27. The molecule has 2 aromatic rings. The molecule has 0 aromatic heterocycles. The van der Waals surface area contributed by atoms with Crippen molar-refractivity contribution in [2.75, 3.05) is 24.5 Å². The van der Waals surface area contributed by atoms with Crippen LogP contribution in [0.25, 0.3) is 0 Å². The van der Waals surface area contributed by atoms with Crippen LogP contribution in [0.3, 0.4) is 0 Å². The number of anilines is 1. The van der Waals surface area contributed by atoms with Crippen molar-refractivity contribution in [1.82, 2.24) is 5.32 Å². The van der Waals surface area contributed by atoms with Gasteiger partial charge in [-0.2, -0.15) is 0 Å². The smallest absolute Gasteiger partial charge is 0.123 e. The Morgan fingerprint density at radius 1 is 0.913 bits per heavy atom. The number of halogens is 1. The van der Waals surface area contributed by atoms with Gasteiger partial charge in [-0.3, -0.25) is 0 Å². The fraction of sp³-hybridized carbons (Fsp3) is 0.400. The highest BCUT2D eigenvalue weighted by Crippen LogP contribution is 2.20. The second kappa shape index (κ2) is 8.11. The molecule has 23 heavy (non-hydrogen) atoms. The SMILES string of the molecule is Fc1cccc(CCNCc2ccc(N3CCCCC3)cc2)c1. The molecule has 1 saturated heterocycles. The fourth-order valence-electron chi connectivity index (χ4n) is 3.13. The molecule has 0 atom stereocenters. The van der Waals surface area contributed by atoms with E-state index in [2.05, 4.69) is 34.5 Å². The Hall–Kier alpha value is -1.87. The van der Waals surface area contributed by atoms with E-state index in [1.165, 1.54) is 49.7 Å². The topological polar surface area (TPSA) is 15.3 Å².